The van der Waals surface area contributed by atoms with Gasteiger partial charge in [-0.25, -0.2) is 0 Å². The van der Waals surface area contributed by atoms with Crippen molar-refractivity contribution in [1.29, 1.82) is 0 Å². The maximum absolute atomic E-state index is 13.0. The summed E-state index contributed by atoms with van der Waals surface area (Å²) < 4.78 is 41.1. The molecule has 148 valence electrons. The number of hydrogen-bond acceptors (Lipinski definition) is 1. The Bertz CT molecular complexity index is 1140. The van der Waals surface area contributed by atoms with Crippen LogP contribution in [0, 0.1) is 6.92 Å². The van der Waals surface area contributed by atoms with Gasteiger partial charge in [0.2, 0.25) is 0 Å². The molecule has 0 unspecified atom stereocenters. The molecule has 29 heavy (non-hydrogen) atoms. The molecule has 0 saturated heterocycles. The molecular formula is C24H20F3NS. The Morgan fingerprint density at radius 3 is 2.45 bits per heavy atom. The first-order valence-electron chi connectivity index (χ1n) is 9.33. The molecule has 1 heterocycles. The number of para-hydroxylation sites is 1. The Labute approximate surface area is 172 Å². The average molecular weight is 411 g/mol. The molecule has 1 aromatic heterocycles. The van der Waals surface area contributed by atoms with Crippen LogP contribution in [0.3, 0.4) is 0 Å². The van der Waals surface area contributed by atoms with E-state index in [1.165, 1.54) is 23.3 Å². The van der Waals surface area contributed by atoms with E-state index in [1.807, 2.05) is 24.3 Å². The molecule has 0 spiro atoms. The van der Waals surface area contributed by atoms with Crippen molar-refractivity contribution in [2.45, 2.75) is 30.3 Å². The lowest BCUT2D eigenvalue weighted by atomic mass is 10.1. The first-order chi connectivity index (χ1) is 13.9. The molecule has 0 aliphatic carbocycles. The van der Waals surface area contributed by atoms with Crippen LogP contribution in [0.15, 0.2) is 83.9 Å². The predicted molar refractivity (Wildman–Crippen MR) is 113 cm³/mol. The number of rotatable bonds is 5. The number of hydrogen-bond donors (Lipinski definition) is 0. The Hall–Kier alpha value is -2.66. The molecule has 1 nitrogen and oxygen atoms in total. The van der Waals surface area contributed by atoms with Gasteiger partial charge in [0, 0.05) is 34.3 Å². The van der Waals surface area contributed by atoms with Gasteiger partial charge < -0.3 is 4.57 Å². The average Bonchev–Trinajstić information content (AvgIpc) is 3.05. The van der Waals surface area contributed by atoms with Crippen LogP contribution in [0.5, 0.6) is 0 Å². The van der Waals surface area contributed by atoms with Gasteiger partial charge in [0.25, 0.3) is 0 Å². The van der Waals surface area contributed by atoms with Crippen molar-refractivity contribution >= 4 is 22.7 Å². The van der Waals surface area contributed by atoms with Gasteiger partial charge in [0.05, 0.1) is 5.56 Å². The zero-order chi connectivity index (χ0) is 20.4. The van der Waals surface area contributed by atoms with Gasteiger partial charge in [0.1, 0.15) is 0 Å². The molecule has 4 rings (SSSR count). The summed E-state index contributed by atoms with van der Waals surface area (Å²) in [7, 11) is 0. The minimum atomic E-state index is -4.32. The fourth-order valence-corrected chi connectivity index (χ4v) is 4.46. The van der Waals surface area contributed by atoms with E-state index < -0.39 is 11.7 Å². The quantitative estimate of drug-likeness (QED) is 0.312. The van der Waals surface area contributed by atoms with E-state index in [1.54, 1.807) is 17.8 Å². The number of benzene rings is 3. The molecule has 0 saturated carbocycles. The highest BCUT2D eigenvalue weighted by atomic mass is 32.2. The molecule has 0 aliphatic heterocycles. The molecule has 0 fully saturated rings. The number of aromatic nitrogens is 1. The smallest absolute Gasteiger partial charge is 0.342 e. The monoisotopic (exact) mass is 411 g/mol. The number of halogens is 3. The second-order valence-corrected chi connectivity index (χ2v) is 8.07. The van der Waals surface area contributed by atoms with Crippen LogP contribution in [0.4, 0.5) is 13.2 Å². The van der Waals surface area contributed by atoms with Crippen LogP contribution >= 0.6 is 11.8 Å². The van der Waals surface area contributed by atoms with E-state index in [4.69, 9.17) is 0 Å². The Balaban J connectivity index is 1.61. The summed E-state index contributed by atoms with van der Waals surface area (Å²) in [5.74, 6) is 0.488. The van der Waals surface area contributed by atoms with Gasteiger partial charge in [-0.15, -0.1) is 11.8 Å². The summed E-state index contributed by atoms with van der Waals surface area (Å²) in [5, 5.41) is 1.12. The minimum absolute atomic E-state index is 0.488. The van der Waals surface area contributed by atoms with Gasteiger partial charge in [-0.05, 0) is 35.7 Å². The molecule has 0 aliphatic rings. The number of aryl methyl sites for hydroxylation is 1. The normalized spacial score (nSPS) is 11.9. The fourth-order valence-electron chi connectivity index (χ4n) is 3.43. The van der Waals surface area contributed by atoms with Gasteiger partial charge in [0.15, 0.2) is 0 Å². The van der Waals surface area contributed by atoms with E-state index in [9.17, 15) is 13.2 Å². The van der Waals surface area contributed by atoms with E-state index in [0.29, 0.717) is 11.3 Å². The lowest BCUT2D eigenvalue weighted by Crippen LogP contribution is -2.04. The zero-order valence-electron chi connectivity index (χ0n) is 15.9. The molecule has 0 bridgehead atoms. The zero-order valence-corrected chi connectivity index (χ0v) is 16.7. The lowest BCUT2D eigenvalue weighted by Gasteiger charge is -2.08. The molecule has 5 heteroatoms. The van der Waals surface area contributed by atoms with Crippen molar-refractivity contribution < 1.29 is 13.2 Å². The SMILES string of the molecule is Cc1ccccc1Cn1cc(SCc2cccc(C(F)(F)F)c2)c2ccccc21. The molecule has 0 atom stereocenters. The third kappa shape index (κ3) is 4.35. The second kappa shape index (κ2) is 7.99. The molecule has 3 aromatic carbocycles. The topological polar surface area (TPSA) is 4.93 Å². The van der Waals surface area contributed by atoms with Gasteiger partial charge in [-0.1, -0.05) is 60.7 Å². The summed E-state index contributed by atoms with van der Waals surface area (Å²) in [6.45, 7) is 2.86. The van der Waals surface area contributed by atoms with Crippen LogP contribution in [-0.4, -0.2) is 4.57 Å². The van der Waals surface area contributed by atoms with Crippen LogP contribution in [-0.2, 0) is 18.5 Å². The summed E-state index contributed by atoms with van der Waals surface area (Å²) in [5.41, 5.74) is 3.69. The van der Waals surface area contributed by atoms with E-state index >= 15 is 0 Å². The van der Waals surface area contributed by atoms with Gasteiger partial charge in [-0.2, -0.15) is 13.2 Å². The Kier molecular flexibility index (Phi) is 5.41. The molecule has 0 amide bonds. The predicted octanol–water partition coefficient (Wildman–Crippen LogP) is 7.31. The van der Waals surface area contributed by atoms with Crippen LogP contribution in [0.1, 0.15) is 22.3 Å². The Morgan fingerprint density at radius 2 is 1.66 bits per heavy atom. The number of fused-ring (bicyclic) bond motifs is 1. The second-order valence-electron chi connectivity index (χ2n) is 7.05. The highest BCUT2D eigenvalue weighted by molar-refractivity contribution is 7.98. The summed E-state index contributed by atoms with van der Waals surface area (Å²) >= 11 is 1.57. The first-order valence-corrected chi connectivity index (χ1v) is 10.3. The lowest BCUT2D eigenvalue weighted by molar-refractivity contribution is -0.137. The van der Waals surface area contributed by atoms with Crippen LogP contribution in [0.2, 0.25) is 0 Å². The highest BCUT2D eigenvalue weighted by Gasteiger charge is 2.30. The van der Waals surface area contributed by atoms with Crippen LogP contribution in [0.25, 0.3) is 10.9 Å². The third-order valence-electron chi connectivity index (χ3n) is 5.00. The van der Waals surface area contributed by atoms with Gasteiger partial charge >= 0.3 is 6.18 Å². The van der Waals surface area contributed by atoms with Crippen molar-refractivity contribution in [2.75, 3.05) is 0 Å². The molecule has 4 aromatic rings. The number of nitrogens with zero attached hydrogens (tertiary/aromatic N) is 1. The molecule has 0 N–H and O–H groups in total. The van der Waals surface area contributed by atoms with Crippen LogP contribution < -0.4 is 0 Å². The summed E-state index contributed by atoms with van der Waals surface area (Å²) in [6.07, 6.45) is -2.21. The fraction of sp³-hybridized carbons (Fsp3) is 0.167. The van der Waals surface area contributed by atoms with E-state index in [-0.39, 0.29) is 0 Å². The number of thioether (sulfide) groups is 1. The largest absolute Gasteiger partial charge is 0.416 e. The maximum Gasteiger partial charge on any atom is 0.416 e. The van der Waals surface area contributed by atoms with Crippen molar-refractivity contribution in [3.63, 3.8) is 0 Å². The van der Waals surface area contributed by atoms with E-state index in [0.717, 1.165) is 28.4 Å². The number of alkyl halides is 3. The molecule has 0 radical (unpaired) electrons. The van der Waals surface area contributed by atoms with E-state index in [2.05, 4.69) is 42.0 Å². The minimum Gasteiger partial charge on any atom is -0.342 e. The van der Waals surface area contributed by atoms with Crippen molar-refractivity contribution in [2.24, 2.45) is 0 Å². The Morgan fingerprint density at radius 1 is 0.897 bits per heavy atom. The molecular weight excluding hydrogens is 391 g/mol. The third-order valence-corrected chi connectivity index (χ3v) is 6.12. The summed E-state index contributed by atoms with van der Waals surface area (Å²) in [6, 6.07) is 22.0. The van der Waals surface area contributed by atoms with Crippen molar-refractivity contribution in [3.05, 3.63) is 101 Å². The summed E-state index contributed by atoms with van der Waals surface area (Å²) in [4.78, 5) is 1.08. The maximum atomic E-state index is 13.0. The first kappa shape index (κ1) is 19.6. The highest BCUT2D eigenvalue weighted by Crippen LogP contribution is 2.34. The van der Waals surface area contributed by atoms with Crippen molar-refractivity contribution in [1.82, 2.24) is 4.57 Å². The van der Waals surface area contributed by atoms with Crippen molar-refractivity contribution in [3.8, 4) is 0 Å². The standard InChI is InChI=1S/C24H20F3NS/c1-17-7-2-3-9-19(17)14-28-15-23(21-11-4-5-12-22(21)28)29-16-18-8-6-10-20(13-18)24(25,26)27/h2-13,15H,14,16H2,1H3. The van der Waals surface area contributed by atoms with Gasteiger partial charge in [-0.3, -0.25) is 0 Å².